The van der Waals surface area contributed by atoms with Crippen molar-refractivity contribution in [3.63, 3.8) is 0 Å². The highest BCUT2D eigenvalue weighted by Crippen LogP contribution is 2.20. The van der Waals surface area contributed by atoms with Crippen molar-refractivity contribution in [2.45, 2.75) is 0 Å². The van der Waals surface area contributed by atoms with E-state index in [1.807, 2.05) is 56.6 Å². The van der Waals surface area contributed by atoms with Gasteiger partial charge in [-0.3, -0.25) is 0 Å². The SMILES string of the molecule is CN(C)c1ccc(/C=C/c2cc(=S)c3ccccc3o2)cc1. The fourth-order valence-corrected chi connectivity index (χ4v) is 2.55. The molecule has 1 heterocycles. The second-order valence-corrected chi connectivity index (χ2v) is 5.77. The van der Waals surface area contributed by atoms with Crippen molar-refractivity contribution in [1.82, 2.24) is 0 Å². The fourth-order valence-electron chi connectivity index (χ4n) is 2.27. The van der Waals surface area contributed by atoms with Crippen molar-refractivity contribution >= 4 is 41.0 Å². The van der Waals surface area contributed by atoms with E-state index < -0.39 is 0 Å². The number of benzene rings is 2. The first-order chi connectivity index (χ1) is 10.6. The molecule has 0 aliphatic heterocycles. The van der Waals surface area contributed by atoms with Crippen molar-refractivity contribution in [1.29, 1.82) is 0 Å². The summed E-state index contributed by atoms with van der Waals surface area (Å²) >= 11 is 5.42. The summed E-state index contributed by atoms with van der Waals surface area (Å²) in [7, 11) is 4.06. The van der Waals surface area contributed by atoms with Crippen molar-refractivity contribution < 1.29 is 4.42 Å². The molecule has 2 nitrogen and oxygen atoms in total. The van der Waals surface area contributed by atoms with Crippen LogP contribution in [-0.4, -0.2) is 14.1 Å². The molecule has 0 bridgehead atoms. The molecule has 0 saturated heterocycles. The summed E-state index contributed by atoms with van der Waals surface area (Å²) < 4.78 is 6.67. The number of rotatable bonds is 3. The number of hydrogen-bond donors (Lipinski definition) is 0. The Morgan fingerprint density at radius 2 is 1.68 bits per heavy atom. The minimum Gasteiger partial charge on any atom is -0.457 e. The molecule has 0 fully saturated rings. The average molecular weight is 307 g/mol. The molecule has 0 aliphatic rings. The Morgan fingerprint density at radius 3 is 2.41 bits per heavy atom. The largest absolute Gasteiger partial charge is 0.457 e. The van der Waals surface area contributed by atoms with Crippen LogP contribution in [0.25, 0.3) is 23.1 Å². The van der Waals surface area contributed by atoms with E-state index in [9.17, 15) is 0 Å². The second-order valence-electron chi connectivity index (χ2n) is 5.33. The van der Waals surface area contributed by atoms with E-state index in [0.717, 1.165) is 26.8 Å². The zero-order valence-electron chi connectivity index (χ0n) is 12.6. The van der Waals surface area contributed by atoms with Crippen LogP contribution in [-0.2, 0) is 0 Å². The van der Waals surface area contributed by atoms with Gasteiger partial charge in [0.1, 0.15) is 11.3 Å². The van der Waals surface area contributed by atoms with Gasteiger partial charge in [0.25, 0.3) is 0 Å². The highest BCUT2D eigenvalue weighted by atomic mass is 32.1. The van der Waals surface area contributed by atoms with Gasteiger partial charge in [0.2, 0.25) is 0 Å². The van der Waals surface area contributed by atoms with E-state index in [1.54, 1.807) is 0 Å². The van der Waals surface area contributed by atoms with Crippen LogP contribution in [0, 0.1) is 4.51 Å². The molecule has 0 aliphatic carbocycles. The van der Waals surface area contributed by atoms with E-state index in [2.05, 4.69) is 29.2 Å². The number of fused-ring (bicyclic) bond motifs is 1. The Balaban J connectivity index is 1.90. The predicted octanol–water partition coefficient (Wildman–Crippen LogP) is 5.40. The average Bonchev–Trinajstić information content (AvgIpc) is 2.53. The first-order valence-electron chi connectivity index (χ1n) is 7.12. The van der Waals surface area contributed by atoms with E-state index in [1.165, 1.54) is 5.69 Å². The fraction of sp³-hybridized carbons (Fsp3) is 0.105. The molecule has 3 rings (SSSR count). The predicted molar refractivity (Wildman–Crippen MR) is 96.7 cm³/mol. The molecule has 0 N–H and O–H groups in total. The van der Waals surface area contributed by atoms with Crippen LogP contribution < -0.4 is 4.90 Å². The maximum Gasteiger partial charge on any atom is 0.136 e. The maximum absolute atomic E-state index is 5.86. The normalized spacial score (nSPS) is 11.2. The van der Waals surface area contributed by atoms with Gasteiger partial charge in [0, 0.05) is 25.2 Å². The number of para-hydroxylation sites is 1. The van der Waals surface area contributed by atoms with Crippen LogP contribution in [0.2, 0.25) is 0 Å². The van der Waals surface area contributed by atoms with Crippen molar-refractivity contribution in [2.24, 2.45) is 0 Å². The Morgan fingerprint density at radius 1 is 0.955 bits per heavy atom. The lowest BCUT2D eigenvalue weighted by atomic mass is 10.1. The van der Waals surface area contributed by atoms with Gasteiger partial charge in [0.15, 0.2) is 0 Å². The molecule has 22 heavy (non-hydrogen) atoms. The Kier molecular flexibility index (Phi) is 4.07. The Hall–Kier alpha value is -2.39. The van der Waals surface area contributed by atoms with E-state index in [4.69, 9.17) is 16.6 Å². The monoisotopic (exact) mass is 307 g/mol. The molecule has 0 spiro atoms. The third-order valence-electron chi connectivity index (χ3n) is 3.50. The Labute approximate surface area is 135 Å². The van der Waals surface area contributed by atoms with Crippen LogP contribution in [0.5, 0.6) is 0 Å². The van der Waals surface area contributed by atoms with Gasteiger partial charge in [-0.15, -0.1) is 0 Å². The molecule has 110 valence electrons. The van der Waals surface area contributed by atoms with Gasteiger partial charge >= 0.3 is 0 Å². The summed E-state index contributed by atoms with van der Waals surface area (Å²) in [5.41, 5.74) is 3.12. The van der Waals surface area contributed by atoms with Crippen LogP contribution in [0.3, 0.4) is 0 Å². The van der Waals surface area contributed by atoms with Crippen molar-refractivity contribution in [3.05, 3.63) is 70.4 Å². The molecule has 3 aromatic rings. The standard InChI is InChI=1S/C19H17NOS/c1-20(2)15-10-7-14(8-11-15)9-12-16-13-19(22)17-5-3-4-6-18(17)21-16/h3-13H,1-2H3/b12-9+. The molecule has 0 amide bonds. The lowest BCUT2D eigenvalue weighted by Gasteiger charge is -2.11. The van der Waals surface area contributed by atoms with E-state index in [0.29, 0.717) is 0 Å². The summed E-state index contributed by atoms with van der Waals surface area (Å²) in [4.78, 5) is 2.08. The number of nitrogens with zero attached hydrogens (tertiary/aromatic N) is 1. The van der Waals surface area contributed by atoms with Crippen molar-refractivity contribution in [3.8, 4) is 0 Å². The molecular formula is C19H17NOS. The minimum absolute atomic E-state index is 0.764. The smallest absolute Gasteiger partial charge is 0.136 e. The first-order valence-corrected chi connectivity index (χ1v) is 7.53. The molecular weight excluding hydrogens is 290 g/mol. The summed E-state index contributed by atoms with van der Waals surface area (Å²) in [6, 6.07) is 18.1. The van der Waals surface area contributed by atoms with Gasteiger partial charge in [-0.05, 0) is 42.0 Å². The summed E-state index contributed by atoms with van der Waals surface area (Å²) in [5.74, 6) is 0.764. The molecule has 2 aromatic carbocycles. The molecule has 1 aromatic heterocycles. The highest BCUT2D eigenvalue weighted by molar-refractivity contribution is 7.71. The third kappa shape index (κ3) is 3.10. The van der Waals surface area contributed by atoms with Crippen molar-refractivity contribution in [2.75, 3.05) is 19.0 Å². The summed E-state index contributed by atoms with van der Waals surface area (Å²) in [6.07, 6.45) is 3.98. The molecule has 3 heteroatoms. The third-order valence-corrected chi connectivity index (χ3v) is 3.84. The second kappa shape index (κ2) is 6.16. The lowest BCUT2D eigenvalue weighted by molar-refractivity contribution is 0.592. The number of hydrogen-bond acceptors (Lipinski definition) is 3. The van der Waals surface area contributed by atoms with Gasteiger partial charge < -0.3 is 9.32 Å². The quantitative estimate of drug-likeness (QED) is 0.603. The molecule has 0 unspecified atom stereocenters. The van der Waals surface area contributed by atoms with E-state index >= 15 is 0 Å². The van der Waals surface area contributed by atoms with Gasteiger partial charge in [-0.25, -0.2) is 0 Å². The maximum atomic E-state index is 5.86. The van der Waals surface area contributed by atoms with Crippen LogP contribution in [0.1, 0.15) is 11.3 Å². The molecule has 0 radical (unpaired) electrons. The van der Waals surface area contributed by atoms with Crippen LogP contribution in [0.4, 0.5) is 5.69 Å². The van der Waals surface area contributed by atoms with E-state index in [-0.39, 0.29) is 0 Å². The Bertz CT molecular complexity index is 876. The summed E-state index contributed by atoms with van der Waals surface area (Å²) in [5, 5.41) is 0.977. The first kappa shape index (κ1) is 14.5. The highest BCUT2D eigenvalue weighted by Gasteiger charge is 1.99. The molecule has 0 atom stereocenters. The van der Waals surface area contributed by atoms with Gasteiger partial charge in [-0.1, -0.05) is 42.6 Å². The van der Waals surface area contributed by atoms with Gasteiger partial charge in [0.05, 0.1) is 4.51 Å². The van der Waals surface area contributed by atoms with Crippen LogP contribution in [0.15, 0.2) is 59.0 Å². The lowest BCUT2D eigenvalue weighted by Crippen LogP contribution is -2.07. The minimum atomic E-state index is 0.764. The zero-order valence-corrected chi connectivity index (χ0v) is 13.4. The van der Waals surface area contributed by atoms with Crippen LogP contribution >= 0.6 is 12.2 Å². The zero-order chi connectivity index (χ0) is 15.5. The molecule has 0 saturated carbocycles. The topological polar surface area (TPSA) is 16.4 Å². The number of anilines is 1. The van der Waals surface area contributed by atoms with Gasteiger partial charge in [-0.2, -0.15) is 0 Å². The summed E-state index contributed by atoms with van der Waals surface area (Å²) in [6.45, 7) is 0.